The summed E-state index contributed by atoms with van der Waals surface area (Å²) in [5.41, 5.74) is 1.34. The SMILES string of the molecule is C=IC(F)Cn1cc(C(=O)CC2CC3COCC2N3C)c2cccnc21. The molecule has 4 rings (SSSR count). The van der Waals surface area contributed by atoms with Crippen LogP contribution in [0.3, 0.4) is 0 Å². The Hall–Kier alpha value is -1.19. The highest BCUT2D eigenvalue weighted by Crippen LogP contribution is 2.36. The number of carbonyl (C=O) groups is 1. The molecule has 0 aliphatic carbocycles. The number of hydrogen-bond acceptors (Lipinski definition) is 4. The third kappa shape index (κ3) is 3.25. The van der Waals surface area contributed by atoms with Gasteiger partial charge in [-0.2, -0.15) is 0 Å². The van der Waals surface area contributed by atoms with Crippen LogP contribution in [0.2, 0.25) is 0 Å². The third-order valence-electron chi connectivity index (χ3n) is 5.70. The van der Waals surface area contributed by atoms with Gasteiger partial charge in [0.05, 0.1) is 19.8 Å². The molecule has 2 fully saturated rings. The minimum atomic E-state index is -0.936. The van der Waals surface area contributed by atoms with Gasteiger partial charge in [0.1, 0.15) is 5.65 Å². The fourth-order valence-corrected chi connectivity index (χ4v) is 4.99. The molecule has 2 aliphatic rings. The Kier molecular flexibility index (Phi) is 5.20. The molecule has 0 saturated carbocycles. The van der Waals surface area contributed by atoms with Gasteiger partial charge in [-0.1, -0.05) is 25.2 Å². The van der Waals surface area contributed by atoms with Gasteiger partial charge in [0.25, 0.3) is 0 Å². The van der Waals surface area contributed by atoms with Gasteiger partial charge in [-0.05, 0) is 31.5 Å². The fraction of sp³-hybridized carbons (Fsp3) is 0.526. The molecule has 5 nitrogen and oxygen atoms in total. The molecule has 7 heteroatoms. The van der Waals surface area contributed by atoms with Crippen molar-refractivity contribution in [3.05, 3.63) is 30.1 Å². The summed E-state index contributed by atoms with van der Waals surface area (Å²) in [4.78, 5) is 19.8. The number of nitrogens with zero attached hydrogens (tertiary/aromatic N) is 3. The Morgan fingerprint density at radius 2 is 2.38 bits per heavy atom. The summed E-state index contributed by atoms with van der Waals surface area (Å²) in [7, 11) is 2.13. The smallest absolute Gasteiger partial charge is 0.165 e. The number of aromatic nitrogens is 2. The number of Topliss-reactive ketones (excluding diaryl/α,β-unsaturated/α-hetero) is 1. The van der Waals surface area contributed by atoms with Crippen LogP contribution in [0.15, 0.2) is 24.5 Å². The average molecular weight is 471 g/mol. The number of ether oxygens (including phenoxy) is 1. The maximum atomic E-state index is 13.9. The molecule has 140 valence electrons. The minimum absolute atomic E-state index is 0.118. The Bertz CT molecular complexity index is 839. The van der Waals surface area contributed by atoms with Crippen LogP contribution in [0.25, 0.3) is 11.0 Å². The second-order valence-electron chi connectivity index (χ2n) is 7.16. The van der Waals surface area contributed by atoms with E-state index in [9.17, 15) is 9.18 Å². The van der Waals surface area contributed by atoms with Crippen molar-refractivity contribution in [3.8, 4) is 0 Å². The molecule has 4 atom stereocenters. The highest BCUT2D eigenvalue weighted by atomic mass is 127. The number of carbonyl (C=O) groups excluding carboxylic acids is 1. The summed E-state index contributed by atoms with van der Waals surface area (Å²) >= 11 is -0.737. The lowest BCUT2D eigenvalue weighted by Gasteiger charge is -2.32. The van der Waals surface area contributed by atoms with E-state index < -0.39 is 24.9 Å². The second-order valence-corrected chi connectivity index (χ2v) is 9.39. The molecule has 2 aromatic rings. The van der Waals surface area contributed by atoms with Gasteiger partial charge in [0, 0.05) is 41.8 Å². The van der Waals surface area contributed by atoms with E-state index in [1.807, 2.05) is 12.1 Å². The fourth-order valence-electron chi connectivity index (χ4n) is 4.29. The zero-order valence-electron chi connectivity index (χ0n) is 14.8. The van der Waals surface area contributed by atoms with Gasteiger partial charge in [0.2, 0.25) is 0 Å². The van der Waals surface area contributed by atoms with Gasteiger partial charge in [-0.25, -0.2) is 9.37 Å². The van der Waals surface area contributed by atoms with Crippen molar-refractivity contribution in [1.29, 1.82) is 0 Å². The van der Waals surface area contributed by atoms with Gasteiger partial charge in [-0.15, -0.1) is 0 Å². The largest absolute Gasteiger partial charge is 0.378 e. The lowest BCUT2D eigenvalue weighted by molar-refractivity contribution is -0.00687. The maximum Gasteiger partial charge on any atom is 0.165 e. The molecule has 4 unspecified atom stereocenters. The Balaban J connectivity index is 1.60. The lowest BCUT2D eigenvalue weighted by Crippen LogP contribution is -2.44. The number of likely N-dealkylation sites (N-methyl/N-ethyl adjacent to an activating group) is 1. The van der Waals surface area contributed by atoms with Crippen molar-refractivity contribution < 1.29 is 13.9 Å². The number of pyridine rings is 1. The summed E-state index contributed by atoms with van der Waals surface area (Å²) in [6.45, 7) is 1.68. The quantitative estimate of drug-likeness (QED) is 0.369. The number of morpholine rings is 1. The highest BCUT2D eigenvalue weighted by Gasteiger charge is 2.43. The van der Waals surface area contributed by atoms with Gasteiger partial charge < -0.3 is 9.30 Å². The minimum Gasteiger partial charge on any atom is -0.378 e. The number of hydrogen-bond donors (Lipinski definition) is 0. The second kappa shape index (κ2) is 7.44. The van der Waals surface area contributed by atoms with Gasteiger partial charge >= 0.3 is 0 Å². The van der Waals surface area contributed by atoms with Crippen molar-refractivity contribution in [2.45, 2.75) is 35.6 Å². The van der Waals surface area contributed by atoms with Crippen molar-refractivity contribution in [3.63, 3.8) is 0 Å². The van der Waals surface area contributed by atoms with E-state index >= 15 is 0 Å². The Labute approximate surface area is 162 Å². The van der Waals surface area contributed by atoms with E-state index in [1.165, 1.54) is 0 Å². The molecule has 0 aromatic carbocycles. The molecular weight excluding hydrogens is 448 g/mol. The number of fused-ring (bicyclic) bond motifs is 3. The molecule has 0 amide bonds. The third-order valence-corrected chi connectivity index (χ3v) is 7.05. The molecule has 2 aromatic heterocycles. The van der Waals surface area contributed by atoms with E-state index in [1.54, 1.807) is 17.0 Å². The van der Waals surface area contributed by atoms with Crippen LogP contribution in [0.1, 0.15) is 23.2 Å². The van der Waals surface area contributed by atoms with Crippen molar-refractivity contribution >= 4 is 42.1 Å². The van der Waals surface area contributed by atoms with Crippen LogP contribution in [0.4, 0.5) is 4.39 Å². The monoisotopic (exact) mass is 471 g/mol. The molecule has 2 bridgehead atoms. The first kappa shape index (κ1) is 18.2. The van der Waals surface area contributed by atoms with Crippen LogP contribution in [-0.2, 0) is 11.3 Å². The van der Waals surface area contributed by atoms with Crippen molar-refractivity contribution in [2.24, 2.45) is 5.92 Å². The molecule has 4 heterocycles. The topological polar surface area (TPSA) is 47.4 Å². The molecule has 2 saturated heterocycles. The predicted molar refractivity (Wildman–Crippen MR) is 109 cm³/mol. The zero-order valence-corrected chi connectivity index (χ0v) is 16.9. The van der Waals surface area contributed by atoms with Crippen LogP contribution in [0, 0.1) is 5.92 Å². The lowest BCUT2D eigenvalue weighted by atomic mass is 9.92. The number of rotatable bonds is 6. The highest BCUT2D eigenvalue weighted by molar-refractivity contribution is 14.2. The molecule has 0 radical (unpaired) electrons. The Morgan fingerprint density at radius 3 is 3.15 bits per heavy atom. The first-order valence-electron chi connectivity index (χ1n) is 8.86. The van der Waals surface area contributed by atoms with Gasteiger partial charge in [-0.3, -0.25) is 9.69 Å². The Morgan fingerprint density at radius 1 is 1.54 bits per heavy atom. The molecule has 0 N–H and O–H groups in total. The number of halogens is 2. The predicted octanol–water partition coefficient (Wildman–Crippen LogP) is 3.03. The molecular formula is C19H23FIN3O2. The first-order chi connectivity index (χ1) is 12.6. The van der Waals surface area contributed by atoms with Crippen LogP contribution in [-0.4, -0.2) is 61.3 Å². The number of ketones is 1. The normalized spacial score (nSPS) is 27.1. The van der Waals surface area contributed by atoms with E-state index in [0.717, 1.165) is 18.4 Å². The average Bonchev–Trinajstić information content (AvgIpc) is 3.05. The van der Waals surface area contributed by atoms with Crippen LogP contribution in [0.5, 0.6) is 0 Å². The summed E-state index contributed by atoms with van der Waals surface area (Å²) in [5.74, 6) is 0.433. The molecule has 0 spiro atoms. The molecule has 2 aliphatic heterocycles. The summed E-state index contributed by atoms with van der Waals surface area (Å²) < 4.78 is 24.1. The van der Waals surface area contributed by atoms with E-state index in [2.05, 4.69) is 21.4 Å². The van der Waals surface area contributed by atoms with Crippen molar-refractivity contribution in [2.75, 3.05) is 20.3 Å². The van der Waals surface area contributed by atoms with Crippen LogP contribution < -0.4 is 0 Å². The van der Waals surface area contributed by atoms with Crippen LogP contribution >= 0.6 is 20.7 Å². The number of alkyl halides is 2. The summed E-state index contributed by atoms with van der Waals surface area (Å²) in [5, 5.41) is 0.817. The summed E-state index contributed by atoms with van der Waals surface area (Å²) in [6.07, 6.45) is 4.98. The zero-order chi connectivity index (χ0) is 18.3. The maximum absolute atomic E-state index is 13.9. The standard InChI is InChI=1S/C19H23FIN3O2/c1-21-18(20)9-24-8-15(14-4-3-5-22-19(14)24)17(25)7-12-6-13-10-26-11-16(12)23(13)2/h3-5,8,12-13,16,18H,1,6-7,9-11H2,2H3. The van der Waals surface area contributed by atoms with E-state index in [0.29, 0.717) is 42.2 Å². The first-order valence-corrected chi connectivity index (χ1v) is 11.6. The summed E-state index contributed by atoms with van der Waals surface area (Å²) in [6, 6.07) is 4.47. The van der Waals surface area contributed by atoms with E-state index in [-0.39, 0.29) is 12.3 Å². The van der Waals surface area contributed by atoms with E-state index in [4.69, 9.17) is 4.74 Å². The van der Waals surface area contributed by atoms with Crippen molar-refractivity contribution in [1.82, 2.24) is 14.5 Å². The van der Waals surface area contributed by atoms with Gasteiger partial charge in [0.15, 0.2) is 9.96 Å². The molecule has 26 heavy (non-hydrogen) atoms.